The first-order valence-corrected chi connectivity index (χ1v) is 7.29. The molecule has 1 aromatic heterocycles. The van der Waals surface area contributed by atoms with E-state index in [1.54, 1.807) is 13.2 Å². The Labute approximate surface area is 127 Å². The van der Waals surface area contributed by atoms with Crippen molar-refractivity contribution in [1.82, 2.24) is 4.90 Å². The van der Waals surface area contributed by atoms with Crippen LogP contribution in [0.25, 0.3) is 0 Å². The zero-order valence-electron chi connectivity index (χ0n) is 13.1. The molecule has 0 aliphatic rings. The smallest absolute Gasteiger partial charge is 0.118 e. The molecule has 0 aliphatic carbocycles. The minimum atomic E-state index is -0.524. The summed E-state index contributed by atoms with van der Waals surface area (Å²) in [5.74, 6) is 1.81. The Morgan fingerprint density at radius 3 is 2.90 bits per heavy atom. The average Bonchev–Trinajstić information content (AvgIpc) is 2.84. The van der Waals surface area contributed by atoms with Crippen LogP contribution in [0.5, 0.6) is 0 Å². The first-order chi connectivity index (χ1) is 10.2. The van der Waals surface area contributed by atoms with Crippen molar-refractivity contribution in [3.8, 4) is 0 Å². The molecule has 0 spiro atoms. The lowest BCUT2D eigenvalue weighted by Gasteiger charge is -2.24. The van der Waals surface area contributed by atoms with E-state index < -0.39 is 6.10 Å². The van der Waals surface area contributed by atoms with Crippen LogP contribution in [0.2, 0.25) is 0 Å². The Morgan fingerprint density at radius 2 is 2.29 bits per heavy atom. The molecule has 0 unspecified atom stereocenters. The van der Waals surface area contributed by atoms with Crippen molar-refractivity contribution in [2.45, 2.75) is 26.0 Å². The van der Waals surface area contributed by atoms with Gasteiger partial charge in [-0.15, -0.1) is 6.58 Å². The minimum absolute atomic E-state index is 0.310. The highest BCUT2D eigenvalue weighted by Crippen LogP contribution is 2.10. The number of furan rings is 1. The Morgan fingerprint density at radius 1 is 1.48 bits per heavy atom. The summed E-state index contributed by atoms with van der Waals surface area (Å²) in [6.07, 6.45) is 2.06. The highest BCUT2D eigenvalue weighted by molar-refractivity contribution is 5.05. The van der Waals surface area contributed by atoms with Crippen molar-refractivity contribution in [3.05, 3.63) is 36.3 Å². The summed E-state index contributed by atoms with van der Waals surface area (Å²) in [5, 5.41) is 10.0. The number of rotatable bonds is 12. The Balaban J connectivity index is 2.44. The fraction of sp³-hybridized carbons (Fsp3) is 0.625. The summed E-state index contributed by atoms with van der Waals surface area (Å²) in [7, 11) is 1.69. The summed E-state index contributed by atoms with van der Waals surface area (Å²) in [6.45, 7) is 9.04. The molecule has 0 radical (unpaired) electrons. The van der Waals surface area contributed by atoms with Crippen LogP contribution in [0.1, 0.15) is 17.9 Å². The third-order valence-corrected chi connectivity index (χ3v) is 3.01. The van der Waals surface area contributed by atoms with Crippen LogP contribution in [-0.2, 0) is 16.0 Å². The van der Waals surface area contributed by atoms with E-state index in [2.05, 4.69) is 11.5 Å². The zero-order valence-corrected chi connectivity index (χ0v) is 13.1. The summed E-state index contributed by atoms with van der Waals surface area (Å²) >= 11 is 0. The second-order valence-corrected chi connectivity index (χ2v) is 5.07. The molecule has 0 aliphatic heterocycles. The predicted octanol–water partition coefficient (Wildman–Crippen LogP) is 1.99. The van der Waals surface area contributed by atoms with Crippen LogP contribution in [0.15, 0.2) is 29.2 Å². The van der Waals surface area contributed by atoms with Gasteiger partial charge in [0.1, 0.15) is 11.5 Å². The Hall–Kier alpha value is -1.14. The molecule has 0 saturated carbocycles. The summed E-state index contributed by atoms with van der Waals surface area (Å²) in [5.41, 5.74) is 0. The van der Waals surface area contributed by atoms with Crippen LogP contribution in [0, 0.1) is 6.92 Å². The zero-order chi connectivity index (χ0) is 15.5. The molecule has 1 rings (SSSR count). The highest BCUT2D eigenvalue weighted by Gasteiger charge is 2.14. The maximum absolute atomic E-state index is 10.0. The summed E-state index contributed by atoms with van der Waals surface area (Å²) < 4.78 is 16.0. The molecule has 1 aromatic rings. The number of nitrogens with zero attached hydrogens (tertiary/aromatic N) is 1. The normalized spacial score (nSPS) is 12.8. The maximum Gasteiger partial charge on any atom is 0.118 e. The van der Waals surface area contributed by atoms with E-state index >= 15 is 0 Å². The van der Waals surface area contributed by atoms with E-state index in [9.17, 15) is 5.11 Å². The van der Waals surface area contributed by atoms with Gasteiger partial charge in [0.15, 0.2) is 0 Å². The van der Waals surface area contributed by atoms with Crippen molar-refractivity contribution in [2.24, 2.45) is 0 Å². The fourth-order valence-electron chi connectivity index (χ4n) is 2.10. The van der Waals surface area contributed by atoms with E-state index in [1.165, 1.54) is 0 Å². The van der Waals surface area contributed by atoms with Crippen LogP contribution < -0.4 is 0 Å². The van der Waals surface area contributed by atoms with E-state index in [0.717, 1.165) is 24.5 Å². The van der Waals surface area contributed by atoms with E-state index in [-0.39, 0.29) is 0 Å². The number of aliphatic hydroxyl groups excluding tert-OH is 1. The first-order valence-electron chi connectivity index (χ1n) is 7.29. The van der Waals surface area contributed by atoms with Gasteiger partial charge in [-0.3, -0.25) is 4.90 Å². The Kier molecular flexibility index (Phi) is 9.01. The monoisotopic (exact) mass is 297 g/mol. The molecule has 0 amide bonds. The molecule has 21 heavy (non-hydrogen) atoms. The van der Waals surface area contributed by atoms with Gasteiger partial charge < -0.3 is 19.0 Å². The summed E-state index contributed by atoms with van der Waals surface area (Å²) in [4.78, 5) is 2.15. The number of hydrogen-bond acceptors (Lipinski definition) is 5. The lowest BCUT2D eigenvalue weighted by atomic mass is 10.3. The number of aliphatic hydroxyl groups is 1. The largest absolute Gasteiger partial charge is 0.465 e. The lowest BCUT2D eigenvalue weighted by molar-refractivity contribution is 0.0216. The molecule has 0 fully saturated rings. The van der Waals surface area contributed by atoms with Gasteiger partial charge in [-0.1, -0.05) is 6.08 Å². The van der Waals surface area contributed by atoms with Gasteiger partial charge >= 0.3 is 0 Å². The standard InChI is InChI=1S/C16H27NO4/c1-4-9-20-13-15(18)11-17(8-5-10-19-3)12-16-7-6-14(2)21-16/h4,6-7,15,18H,1,5,8-13H2,2-3H3/t15-/m0/s1. The molecule has 1 heterocycles. The first kappa shape index (κ1) is 17.9. The van der Waals surface area contributed by atoms with Crippen molar-refractivity contribution in [1.29, 1.82) is 0 Å². The van der Waals surface area contributed by atoms with Crippen LogP contribution >= 0.6 is 0 Å². The van der Waals surface area contributed by atoms with Gasteiger partial charge in [-0.2, -0.15) is 0 Å². The molecule has 5 nitrogen and oxygen atoms in total. The van der Waals surface area contributed by atoms with Crippen molar-refractivity contribution in [2.75, 3.05) is 40.0 Å². The molecule has 1 N–H and O–H groups in total. The second kappa shape index (κ2) is 10.6. The van der Waals surface area contributed by atoms with Gasteiger partial charge in [-0.05, 0) is 25.5 Å². The Bertz CT molecular complexity index is 391. The molecule has 0 bridgehead atoms. The van der Waals surface area contributed by atoms with Gasteiger partial charge in [-0.25, -0.2) is 0 Å². The molecular formula is C16H27NO4. The van der Waals surface area contributed by atoms with Crippen molar-refractivity contribution < 1.29 is 19.0 Å². The van der Waals surface area contributed by atoms with Crippen LogP contribution in [0.3, 0.4) is 0 Å². The van der Waals surface area contributed by atoms with Gasteiger partial charge in [0.25, 0.3) is 0 Å². The molecule has 120 valence electrons. The van der Waals surface area contributed by atoms with E-state index in [0.29, 0.717) is 32.9 Å². The number of aryl methyl sites for hydroxylation is 1. The summed E-state index contributed by atoms with van der Waals surface area (Å²) in [6, 6.07) is 3.92. The van der Waals surface area contributed by atoms with Crippen molar-refractivity contribution >= 4 is 0 Å². The number of ether oxygens (including phenoxy) is 2. The van der Waals surface area contributed by atoms with Gasteiger partial charge in [0.2, 0.25) is 0 Å². The molecule has 5 heteroatoms. The quantitative estimate of drug-likeness (QED) is 0.472. The second-order valence-electron chi connectivity index (χ2n) is 5.07. The van der Waals surface area contributed by atoms with Gasteiger partial charge in [0.05, 0.1) is 25.9 Å². The topological polar surface area (TPSA) is 55.1 Å². The van der Waals surface area contributed by atoms with E-state index in [1.807, 2.05) is 19.1 Å². The minimum Gasteiger partial charge on any atom is -0.465 e. The SMILES string of the molecule is C=CCOC[C@@H](O)CN(CCCOC)Cc1ccc(C)o1. The molecule has 1 atom stereocenters. The highest BCUT2D eigenvalue weighted by atomic mass is 16.5. The molecule has 0 saturated heterocycles. The lowest BCUT2D eigenvalue weighted by Crippen LogP contribution is -2.35. The van der Waals surface area contributed by atoms with Crippen LogP contribution in [-0.4, -0.2) is 56.1 Å². The predicted molar refractivity (Wildman–Crippen MR) is 82.2 cm³/mol. The number of methoxy groups -OCH3 is 1. The molecular weight excluding hydrogens is 270 g/mol. The maximum atomic E-state index is 10.0. The van der Waals surface area contributed by atoms with Gasteiger partial charge in [0, 0.05) is 26.8 Å². The molecule has 0 aromatic carbocycles. The third kappa shape index (κ3) is 8.02. The van der Waals surface area contributed by atoms with Crippen LogP contribution in [0.4, 0.5) is 0 Å². The number of hydrogen-bond donors (Lipinski definition) is 1. The average molecular weight is 297 g/mol. The third-order valence-electron chi connectivity index (χ3n) is 3.01. The van der Waals surface area contributed by atoms with Crippen molar-refractivity contribution in [3.63, 3.8) is 0 Å². The fourth-order valence-corrected chi connectivity index (χ4v) is 2.10. The van der Waals surface area contributed by atoms with E-state index in [4.69, 9.17) is 13.9 Å².